The summed E-state index contributed by atoms with van der Waals surface area (Å²) in [5.41, 5.74) is 2.73. The average molecular weight is 306 g/mol. The lowest BCUT2D eigenvalue weighted by atomic mass is 10.2. The van der Waals surface area contributed by atoms with Gasteiger partial charge in [0.15, 0.2) is 6.10 Å². The monoisotopic (exact) mass is 306 g/mol. The third-order valence-electron chi connectivity index (χ3n) is 3.61. The van der Waals surface area contributed by atoms with Gasteiger partial charge in [-0.05, 0) is 50.2 Å². The van der Waals surface area contributed by atoms with Crippen molar-refractivity contribution < 1.29 is 9.53 Å². The Kier molecular flexibility index (Phi) is 4.24. The van der Waals surface area contributed by atoms with E-state index < -0.39 is 6.10 Å². The highest BCUT2D eigenvalue weighted by atomic mass is 16.5. The molecule has 3 aromatic rings. The van der Waals surface area contributed by atoms with Gasteiger partial charge in [-0.15, -0.1) is 0 Å². The van der Waals surface area contributed by atoms with E-state index in [1.54, 1.807) is 13.1 Å². The summed E-state index contributed by atoms with van der Waals surface area (Å²) in [7, 11) is 0. The minimum atomic E-state index is -0.593. The maximum Gasteiger partial charge on any atom is 0.265 e. The van der Waals surface area contributed by atoms with Crippen molar-refractivity contribution in [3.05, 3.63) is 66.4 Å². The molecule has 0 bridgehead atoms. The van der Waals surface area contributed by atoms with E-state index in [1.165, 1.54) is 0 Å². The first-order valence-electron chi connectivity index (χ1n) is 7.51. The number of rotatable bonds is 4. The summed E-state index contributed by atoms with van der Waals surface area (Å²) < 4.78 is 5.69. The number of aromatic nitrogens is 1. The number of fused-ring (bicyclic) bond motifs is 1. The Bertz CT molecular complexity index is 823. The van der Waals surface area contributed by atoms with E-state index in [1.807, 2.05) is 61.5 Å². The molecule has 1 N–H and O–H groups in total. The van der Waals surface area contributed by atoms with Crippen LogP contribution >= 0.6 is 0 Å². The number of carbonyl (C=O) groups is 1. The number of benzene rings is 2. The van der Waals surface area contributed by atoms with Crippen molar-refractivity contribution in [2.45, 2.75) is 20.0 Å². The van der Waals surface area contributed by atoms with E-state index in [-0.39, 0.29) is 5.91 Å². The summed E-state index contributed by atoms with van der Waals surface area (Å²) in [4.78, 5) is 16.7. The molecule has 1 aromatic heterocycles. The topological polar surface area (TPSA) is 51.2 Å². The fourth-order valence-electron chi connectivity index (χ4n) is 2.32. The number of hydrogen-bond acceptors (Lipinski definition) is 3. The number of amides is 1. The molecule has 0 aliphatic heterocycles. The molecular formula is C19H18N2O2. The number of nitrogens with zero attached hydrogens (tertiary/aromatic N) is 1. The number of hydrogen-bond donors (Lipinski definition) is 1. The highest BCUT2D eigenvalue weighted by molar-refractivity contribution is 6.02. The van der Waals surface area contributed by atoms with E-state index in [4.69, 9.17) is 4.74 Å². The van der Waals surface area contributed by atoms with Crippen molar-refractivity contribution in [1.82, 2.24) is 4.98 Å². The highest BCUT2D eigenvalue weighted by Crippen LogP contribution is 2.22. The lowest BCUT2D eigenvalue weighted by Gasteiger charge is -2.15. The summed E-state index contributed by atoms with van der Waals surface area (Å²) in [6.45, 7) is 3.74. The largest absolute Gasteiger partial charge is 0.481 e. The normalized spacial score (nSPS) is 11.9. The average Bonchev–Trinajstić information content (AvgIpc) is 2.57. The Morgan fingerprint density at radius 3 is 2.65 bits per heavy atom. The van der Waals surface area contributed by atoms with E-state index in [0.29, 0.717) is 5.75 Å². The predicted molar refractivity (Wildman–Crippen MR) is 91.6 cm³/mol. The molecule has 4 nitrogen and oxygen atoms in total. The van der Waals surface area contributed by atoms with Gasteiger partial charge >= 0.3 is 0 Å². The van der Waals surface area contributed by atoms with Crippen LogP contribution in [0.25, 0.3) is 10.9 Å². The van der Waals surface area contributed by atoms with Crippen molar-refractivity contribution in [3.63, 3.8) is 0 Å². The lowest BCUT2D eigenvalue weighted by Crippen LogP contribution is -2.30. The Hall–Kier alpha value is -2.88. The van der Waals surface area contributed by atoms with Gasteiger partial charge in [0, 0.05) is 11.6 Å². The second-order valence-corrected chi connectivity index (χ2v) is 5.44. The zero-order valence-electron chi connectivity index (χ0n) is 13.1. The first-order valence-corrected chi connectivity index (χ1v) is 7.51. The molecule has 0 saturated carbocycles. The molecule has 1 amide bonds. The number of aryl methyl sites for hydroxylation is 1. The second kappa shape index (κ2) is 6.48. The maximum absolute atomic E-state index is 12.4. The van der Waals surface area contributed by atoms with Crippen LogP contribution in [0.2, 0.25) is 0 Å². The van der Waals surface area contributed by atoms with E-state index in [2.05, 4.69) is 10.3 Å². The number of pyridine rings is 1. The molecule has 4 heteroatoms. The van der Waals surface area contributed by atoms with Crippen LogP contribution in [0.4, 0.5) is 5.69 Å². The zero-order valence-corrected chi connectivity index (χ0v) is 13.1. The Morgan fingerprint density at radius 2 is 1.87 bits per heavy atom. The van der Waals surface area contributed by atoms with Gasteiger partial charge in [-0.2, -0.15) is 0 Å². The van der Waals surface area contributed by atoms with E-state index in [0.717, 1.165) is 22.2 Å². The predicted octanol–water partition coefficient (Wildman–Crippen LogP) is 3.95. The Morgan fingerprint density at radius 1 is 1.09 bits per heavy atom. The molecule has 1 atom stereocenters. The second-order valence-electron chi connectivity index (χ2n) is 5.44. The van der Waals surface area contributed by atoms with Crippen LogP contribution in [0, 0.1) is 6.92 Å². The van der Waals surface area contributed by atoms with Crippen LogP contribution in [0.15, 0.2) is 60.8 Å². The third kappa shape index (κ3) is 3.48. The first kappa shape index (κ1) is 15.0. The molecular weight excluding hydrogens is 288 g/mol. The van der Waals surface area contributed by atoms with Crippen LogP contribution in [-0.4, -0.2) is 17.0 Å². The molecule has 0 saturated heterocycles. The fourth-order valence-corrected chi connectivity index (χ4v) is 2.32. The molecule has 1 heterocycles. The van der Waals surface area contributed by atoms with Crippen molar-refractivity contribution >= 4 is 22.5 Å². The van der Waals surface area contributed by atoms with Crippen LogP contribution in [0.3, 0.4) is 0 Å². The highest BCUT2D eigenvalue weighted by Gasteiger charge is 2.16. The maximum atomic E-state index is 12.4. The van der Waals surface area contributed by atoms with E-state index in [9.17, 15) is 4.79 Å². The minimum absolute atomic E-state index is 0.193. The summed E-state index contributed by atoms with van der Waals surface area (Å²) in [6.07, 6.45) is 1.14. The van der Waals surface area contributed by atoms with Crippen molar-refractivity contribution in [1.29, 1.82) is 0 Å². The van der Waals surface area contributed by atoms with Gasteiger partial charge in [0.25, 0.3) is 5.91 Å². The van der Waals surface area contributed by atoms with Gasteiger partial charge in [0.2, 0.25) is 0 Å². The molecule has 0 spiro atoms. The molecule has 0 radical (unpaired) electrons. The van der Waals surface area contributed by atoms with Crippen LogP contribution in [0.1, 0.15) is 12.5 Å². The van der Waals surface area contributed by atoms with E-state index >= 15 is 0 Å². The molecule has 3 rings (SSSR count). The molecule has 23 heavy (non-hydrogen) atoms. The quantitative estimate of drug-likeness (QED) is 0.794. The van der Waals surface area contributed by atoms with Gasteiger partial charge in [-0.3, -0.25) is 9.78 Å². The van der Waals surface area contributed by atoms with Gasteiger partial charge in [-0.25, -0.2) is 0 Å². The van der Waals surface area contributed by atoms with Crippen LogP contribution in [0.5, 0.6) is 5.75 Å². The fraction of sp³-hybridized carbons (Fsp3) is 0.158. The molecule has 0 unspecified atom stereocenters. The van der Waals surface area contributed by atoms with Crippen molar-refractivity contribution in [3.8, 4) is 5.75 Å². The summed E-state index contributed by atoms with van der Waals surface area (Å²) in [5.74, 6) is 0.486. The van der Waals surface area contributed by atoms with Crippen molar-refractivity contribution in [2.24, 2.45) is 0 Å². The SMILES string of the molecule is Cc1ccc(O[C@@H](C)C(=O)Nc2cccc3ncccc23)cc1. The van der Waals surface area contributed by atoms with Crippen molar-refractivity contribution in [2.75, 3.05) is 5.32 Å². The minimum Gasteiger partial charge on any atom is -0.481 e. The zero-order chi connectivity index (χ0) is 16.2. The molecule has 0 aliphatic carbocycles. The van der Waals surface area contributed by atoms with Crippen LogP contribution in [-0.2, 0) is 4.79 Å². The number of anilines is 1. The Balaban J connectivity index is 1.74. The molecule has 116 valence electrons. The molecule has 0 fully saturated rings. The smallest absolute Gasteiger partial charge is 0.265 e. The number of carbonyl (C=O) groups excluding carboxylic acids is 1. The molecule has 0 aliphatic rings. The lowest BCUT2D eigenvalue weighted by molar-refractivity contribution is -0.122. The Labute approximate surface area is 135 Å². The first-order chi connectivity index (χ1) is 11.1. The van der Waals surface area contributed by atoms with Gasteiger partial charge in [0.05, 0.1) is 11.2 Å². The standard InChI is InChI=1S/C19H18N2O2/c1-13-8-10-15(11-9-13)23-14(2)19(22)21-18-7-3-6-17-16(18)5-4-12-20-17/h3-12,14H,1-2H3,(H,21,22)/t14-/m0/s1. The van der Waals surface area contributed by atoms with Gasteiger partial charge in [0.1, 0.15) is 5.75 Å². The summed E-state index contributed by atoms with van der Waals surface area (Å²) >= 11 is 0. The number of ether oxygens (including phenoxy) is 1. The summed E-state index contributed by atoms with van der Waals surface area (Å²) in [5, 5.41) is 3.82. The summed E-state index contributed by atoms with van der Waals surface area (Å²) in [6, 6.07) is 17.1. The van der Waals surface area contributed by atoms with Gasteiger partial charge < -0.3 is 10.1 Å². The van der Waals surface area contributed by atoms with Gasteiger partial charge in [-0.1, -0.05) is 23.8 Å². The third-order valence-corrected chi connectivity index (χ3v) is 3.61. The molecule has 2 aromatic carbocycles. The van der Waals surface area contributed by atoms with Crippen LogP contribution < -0.4 is 10.1 Å². The number of nitrogens with one attached hydrogen (secondary N) is 1.